The molecule has 0 aliphatic carbocycles. The molecule has 3 aromatic heterocycles. The lowest BCUT2D eigenvalue weighted by molar-refractivity contribution is 0.288. The molecule has 1 aliphatic rings. The van der Waals surface area contributed by atoms with E-state index in [4.69, 9.17) is 5.26 Å². The van der Waals surface area contributed by atoms with Gasteiger partial charge in [0.25, 0.3) is 0 Å². The van der Waals surface area contributed by atoms with E-state index in [1.165, 1.54) is 5.56 Å². The molecule has 29 heavy (non-hydrogen) atoms. The molecule has 0 amide bonds. The highest BCUT2D eigenvalue weighted by Crippen LogP contribution is 2.29. The van der Waals surface area contributed by atoms with E-state index >= 15 is 0 Å². The highest BCUT2D eigenvalue weighted by atomic mass is 32.2. The van der Waals surface area contributed by atoms with Gasteiger partial charge in [0.05, 0.1) is 11.7 Å². The van der Waals surface area contributed by atoms with Crippen LogP contribution >= 0.6 is 0 Å². The number of hydrogen-bond acceptors (Lipinski definition) is 5. The third kappa shape index (κ3) is 3.58. The molecular formula is C22H20N5OS+. The number of nitrogens with one attached hydrogen (secondary N) is 1. The molecule has 1 saturated heterocycles. The molecule has 0 spiro atoms. The first-order valence-corrected chi connectivity index (χ1v) is 11.1. The number of rotatable bonds is 3. The molecule has 2 N–H and O–H groups in total. The summed E-state index contributed by atoms with van der Waals surface area (Å²) in [4.78, 5) is 14.4. The van der Waals surface area contributed by atoms with Crippen LogP contribution in [0.3, 0.4) is 0 Å². The quantitative estimate of drug-likeness (QED) is 0.512. The Bertz CT molecular complexity index is 1220. The third-order valence-electron chi connectivity index (χ3n) is 5.43. The van der Waals surface area contributed by atoms with Crippen LogP contribution < -0.4 is 0 Å². The Morgan fingerprint density at radius 2 is 1.83 bits per heavy atom. The Kier molecular flexibility index (Phi) is 4.68. The number of aromatic nitrogens is 3. The fourth-order valence-corrected chi connectivity index (χ4v) is 4.94. The molecule has 4 heterocycles. The molecule has 144 valence electrons. The Morgan fingerprint density at radius 1 is 1.03 bits per heavy atom. The second-order valence-corrected chi connectivity index (χ2v) is 9.06. The summed E-state index contributed by atoms with van der Waals surface area (Å²) in [7, 11) is 0. The Balaban J connectivity index is 1.42. The van der Waals surface area contributed by atoms with Gasteiger partial charge in [0, 0.05) is 42.2 Å². The van der Waals surface area contributed by atoms with Crippen molar-refractivity contribution in [2.24, 2.45) is 0 Å². The molecule has 0 radical (unpaired) electrons. The van der Waals surface area contributed by atoms with Crippen LogP contribution in [0.4, 0.5) is 0 Å². The minimum Gasteiger partial charge on any atom is -0.338 e. The molecule has 0 saturated carbocycles. The van der Waals surface area contributed by atoms with Crippen LogP contribution in [0.1, 0.15) is 11.3 Å². The minimum atomic E-state index is -0.391. The predicted octanol–water partition coefficient (Wildman–Crippen LogP) is 3.56. The van der Waals surface area contributed by atoms with Crippen LogP contribution in [0.5, 0.6) is 0 Å². The zero-order chi connectivity index (χ0) is 19.8. The van der Waals surface area contributed by atoms with E-state index in [0.717, 1.165) is 64.2 Å². The Morgan fingerprint density at radius 3 is 2.59 bits per heavy atom. The topological polar surface area (TPSA) is 88.8 Å². The van der Waals surface area contributed by atoms with Crippen molar-refractivity contribution in [1.82, 2.24) is 19.9 Å². The smallest absolute Gasteiger partial charge is 0.153 e. The van der Waals surface area contributed by atoms with Gasteiger partial charge in [-0.05, 0) is 23.3 Å². The molecule has 7 heteroatoms. The van der Waals surface area contributed by atoms with Crippen molar-refractivity contribution < 1.29 is 4.55 Å². The van der Waals surface area contributed by atoms with Gasteiger partial charge in [-0.25, -0.2) is 9.97 Å². The average molecular weight is 403 g/mol. The van der Waals surface area contributed by atoms with Crippen LogP contribution in [0, 0.1) is 11.3 Å². The number of benzene rings is 1. The van der Waals surface area contributed by atoms with Crippen LogP contribution in [0.25, 0.3) is 33.1 Å². The highest BCUT2D eigenvalue weighted by Gasteiger charge is 2.24. The monoisotopic (exact) mass is 402 g/mol. The summed E-state index contributed by atoms with van der Waals surface area (Å²) in [5, 5.41) is 11.1. The lowest BCUT2D eigenvalue weighted by atomic mass is 10.0. The second-order valence-electron chi connectivity index (χ2n) is 7.32. The van der Waals surface area contributed by atoms with E-state index in [9.17, 15) is 4.55 Å². The van der Waals surface area contributed by atoms with Crippen molar-refractivity contribution in [1.29, 1.82) is 5.26 Å². The number of H-pyrrole nitrogens is 1. The fourth-order valence-electron chi connectivity index (χ4n) is 3.80. The predicted molar refractivity (Wildman–Crippen MR) is 117 cm³/mol. The number of nitrogens with zero attached hydrogens (tertiary/aromatic N) is 4. The normalized spacial score (nSPS) is 15.7. The first kappa shape index (κ1) is 18.1. The lowest BCUT2D eigenvalue weighted by Crippen LogP contribution is -2.39. The molecule has 6 nitrogen and oxygen atoms in total. The molecule has 4 aromatic rings. The van der Waals surface area contributed by atoms with E-state index in [0.29, 0.717) is 5.69 Å². The first-order valence-electron chi connectivity index (χ1n) is 9.55. The lowest BCUT2D eigenvalue weighted by Gasteiger charge is -2.24. The van der Waals surface area contributed by atoms with Gasteiger partial charge in [0.1, 0.15) is 28.6 Å². The molecule has 1 fully saturated rings. The summed E-state index contributed by atoms with van der Waals surface area (Å²) < 4.78 is 9.68. The van der Waals surface area contributed by atoms with Gasteiger partial charge in [-0.3, -0.25) is 4.90 Å². The van der Waals surface area contributed by atoms with Crippen molar-refractivity contribution in [3.8, 4) is 17.2 Å². The average Bonchev–Trinajstić information content (AvgIpc) is 3.13. The summed E-state index contributed by atoms with van der Waals surface area (Å²) in [5.41, 5.74) is 5.51. The van der Waals surface area contributed by atoms with Gasteiger partial charge in [-0.15, -0.1) is 0 Å². The van der Waals surface area contributed by atoms with E-state index in [1.54, 1.807) is 12.3 Å². The third-order valence-corrected chi connectivity index (χ3v) is 6.74. The van der Waals surface area contributed by atoms with Crippen LogP contribution in [0.15, 0.2) is 48.8 Å². The Hall–Kier alpha value is -2.92. The summed E-state index contributed by atoms with van der Waals surface area (Å²) >= 11 is -0.391. The number of hydrogen-bond donors (Lipinski definition) is 2. The number of fused-ring (bicyclic) bond motifs is 3. The zero-order valence-corrected chi connectivity index (χ0v) is 16.6. The SMILES string of the molecule is N#Cc1cc2c(cn1)[nH]c1ncc(-c3ccc(CN4CC[S+](O)CC4)cc3)cc12. The van der Waals surface area contributed by atoms with Crippen LogP contribution in [0.2, 0.25) is 0 Å². The first-order chi connectivity index (χ1) is 14.2. The van der Waals surface area contributed by atoms with Crippen LogP contribution in [-0.4, -0.2) is 49.0 Å². The van der Waals surface area contributed by atoms with Gasteiger partial charge >= 0.3 is 0 Å². The Labute approximate surface area is 171 Å². The van der Waals surface area contributed by atoms with Crippen molar-refractivity contribution >= 4 is 33.1 Å². The van der Waals surface area contributed by atoms with Gasteiger partial charge in [0.2, 0.25) is 0 Å². The summed E-state index contributed by atoms with van der Waals surface area (Å²) in [5.74, 6) is 1.77. The van der Waals surface area contributed by atoms with E-state index in [2.05, 4.69) is 56.3 Å². The summed E-state index contributed by atoms with van der Waals surface area (Å²) in [6.07, 6.45) is 3.56. The van der Waals surface area contributed by atoms with Crippen molar-refractivity contribution in [3.05, 3.63) is 60.0 Å². The molecule has 1 aliphatic heterocycles. The number of aromatic amines is 1. The van der Waals surface area contributed by atoms with Crippen molar-refractivity contribution in [2.75, 3.05) is 24.6 Å². The van der Waals surface area contributed by atoms with Crippen LogP contribution in [-0.2, 0) is 17.7 Å². The zero-order valence-electron chi connectivity index (χ0n) is 15.8. The maximum atomic E-state index is 9.68. The molecule has 0 unspecified atom stereocenters. The summed E-state index contributed by atoms with van der Waals surface area (Å²) in [6, 6.07) is 14.6. The van der Waals surface area contributed by atoms with E-state index in [-0.39, 0.29) is 0 Å². The maximum Gasteiger partial charge on any atom is 0.153 e. The molecule has 5 rings (SSSR count). The van der Waals surface area contributed by atoms with Gasteiger partial charge in [-0.2, -0.15) is 9.81 Å². The second kappa shape index (κ2) is 7.48. The van der Waals surface area contributed by atoms with Gasteiger partial charge in [0.15, 0.2) is 11.5 Å². The maximum absolute atomic E-state index is 9.68. The van der Waals surface area contributed by atoms with Gasteiger partial charge < -0.3 is 4.98 Å². The largest absolute Gasteiger partial charge is 0.338 e. The molecule has 1 aromatic carbocycles. The molecule has 0 atom stereocenters. The fraction of sp³-hybridized carbons (Fsp3) is 0.227. The van der Waals surface area contributed by atoms with Crippen molar-refractivity contribution in [3.63, 3.8) is 0 Å². The van der Waals surface area contributed by atoms with Gasteiger partial charge in [-0.1, -0.05) is 24.3 Å². The van der Waals surface area contributed by atoms with Crippen molar-refractivity contribution in [2.45, 2.75) is 6.54 Å². The minimum absolute atomic E-state index is 0.391. The molecular weight excluding hydrogens is 382 g/mol. The number of nitriles is 1. The van der Waals surface area contributed by atoms with E-state index < -0.39 is 11.2 Å². The summed E-state index contributed by atoms with van der Waals surface area (Å²) in [6.45, 7) is 2.84. The molecule has 0 bridgehead atoms. The number of pyridine rings is 2. The van der Waals surface area contributed by atoms with E-state index in [1.807, 2.05) is 6.20 Å². The standard InChI is InChI=1S/C22H20N5OS/c23-11-18-10-19-20-9-17(12-25-22(20)26-21(19)13-24-18)16-3-1-15(2-4-16)14-27-5-7-29(28)8-6-27/h1-4,9-10,12-13,28H,5-8,14H2,(H,25,26)/q+1. The highest BCUT2D eigenvalue weighted by molar-refractivity contribution is 7.91.